The van der Waals surface area contributed by atoms with Gasteiger partial charge >= 0.3 is 6.09 Å². The predicted octanol–water partition coefficient (Wildman–Crippen LogP) is 4.61. The van der Waals surface area contributed by atoms with E-state index in [0.29, 0.717) is 11.2 Å². The molecule has 0 saturated carbocycles. The number of rotatable bonds is 3. The highest BCUT2D eigenvalue weighted by molar-refractivity contribution is 7.71. The number of nitrogens with zero attached hydrogens (tertiary/aromatic N) is 1. The molecule has 1 aromatic carbocycles. The Bertz CT molecular complexity index is 694. The minimum atomic E-state index is -0.249. The summed E-state index contributed by atoms with van der Waals surface area (Å²) in [4.78, 5) is 17.4. The number of ether oxygens (including phenoxy) is 1. The van der Waals surface area contributed by atoms with Crippen LogP contribution in [0.1, 0.15) is 36.4 Å². The number of pyridine rings is 1. The Kier molecular flexibility index (Phi) is 5.08. The van der Waals surface area contributed by atoms with E-state index in [0.717, 1.165) is 36.9 Å². The van der Waals surface area contributed by atoms with Crippen LogP contribution in [0.4, 0.5) is 4.79 Å². The molecule has 0 aliphatic carbocycles. The maximum absolute atomic E-state index is 12.5. The van der Waals surface area contributed by atoms with E-state index in [9.17, 15) is 4.79 Å². The second kappa shape index (κ2) is 7.42. The summed E-state index contributed by atoms with van der Waals surface area (Å²) < 4.78 is 6.20. The number of carbonyl (C=O) groups excluding carboxylic acids is 1. The van der Waals surface area contributed by atoms with E-state index in [1.54, 1.807) is 0 Å². The lowest BCUT2D eigenvalue weighted by molar-refractivity contribution is 0.0678. The molecule has 23 heavy (non-hydrogen) atoms. The molecule has 1 N–H and O–H groups in total. The van der Waals surface area contributed by atoms with Gasteiger partial charge in [-0.1, -0.05) is 48.6 Å². The van der Waals surface area contributed by atoms with Crippen molar-refractivity contribution in [2.24, 2.45) is 0 Å². The van der Waals surface area contributed by atoms with Crippen LogP contribution in [0.2, 0.25) is 0 Å². The zero-order chi connectivity index (χ0) is 16.1. The number of nitrogens with one attached hydrogen (secondary N) is 1. The summed E-state index contributed by atoms with van der Waals surface area (Å²) in [5.41, 5.74) is 2.08. The van der Waals surface area contributed by atoms with Crippen molar-refractivity contribution in [3.05, 3.63) is 64.4 Å². The van der Waals surface area contributed by atoms with Crippen LogP contribution in [0.25, 0.3) is 0 Å². The fourth-order valence-corrected chi connectivity index (χ4v) is 3.06. The first-order chi connectivity index (χ1) is 11.2. The van der Waals surface area contributed by atoms with Crippen LogP contribution < -0.4 is 0 Å². The van der Waals surface area contributed by atoms with Crippen LogP contribution in [0.15, 0.2) is 48.7 Å². The van der Waals surface area contributed by atoms with Crippen LogP contribution in [0.5, 0.6) is 0 Å². The molecule has 0 bridgehead atoms. The third kappa shape index (κ3) is 3.99. The van der Waals surface area contributed by atoms with Gasteiger partial charge in [-0.05, 0) is 36.5 Å². The number of likely N-dealkylation sites (tertiary alicyclic amines) is 1. The molecule has 4 nitrogen and oxygen atoms in total. The smallest absolute Gasteiger partial charge is 0.410 e. The van der Waals surface area contributed by atoms with Gasteiger partial charge in [-0.2, -0.15) is 0 Å². The summed E-state index contributed by atoms with van der Waals surface area (Å²) in [7, 11) is 0. The van der Waals surface area contributed by atoms with Gasteiger partial charge in [-0.15, -0.1) is 0 Å². The third-order valence-electron chi connectivity index (χ3n) is 4.14. The van der Waals surface area contributed by atoms with Gasteiger partial charge in [0.05, 0.1) is 6.04 Å². The molecule has 0 unspecified atom stereocenters. The average Bonchev–Trinajstić information content (AvgIpc) is 2.61. The van der Waals surface area contributed by atoms with Crippen LogP contribution in [0, 0.1) is 4.64 Å². The number of aromatic nitrogens is 1. The van der Waals surface area contributed by atoms with Gasteiger partial charge in [0.1, 0.15) is 11.2 Å². The zero-order valence-corrected chi connectivity index (χ0v) is 13.7. The minimum absolute atomic E-state index is 0.0545. The summed E-state index contributed by atoms with van der Waals surface area (Å²) in [5.74, 6) is 0. The molecule has 2 aromatic rings. The zero-order valence-electron chi connectivity index (χ0n) is 12.9. The number of piperidine rings is 1. The number of hydrogen-bond acceptors (Lipinski definition) is 3. The van der Waals surface area contributed by atoms with E-state index in [1.807, 2.05) is 53.6 Å². The molecule has 1 atom stereocenters. The number of H-pyrrole nitrogens is 1. The monoisotopic (exact) mass is 328 g/mol. The minimum Gasteiger partial charge on any atom is -0.445 e. The van der Waals surface area contributed by atoms with Gasteiger partial charge in [0, 0.05) is 12.7 Å². The summed E-state index contributed by atoms with van der Waals surface area (Å²) in [6.07, 6.45) is 4.73. The third-order valence-corrected chi connectivity index (χ3v) is 4.39. The number of benzene rings is 1. The molecule has 5 heteroatoms. The first kappa shape index (κ1) is 15.7. The van der Waals surface area contributed by atoms with E-state index in [1.165, 1.54) is 0 Å². The molecule has 1 aliphatic heterocycles. The molecule has 0 spiro atoms. The maximum Gasteiger partial charge on any atom is 0.410 e. The maximum atomic E-state index is 12.5. The van der Waals surface area contributed by atoms with Gasteiger partial charge < -0.3 is 14.6 Å². The van der Waals surface area contributed by atoms with Gasteiger partial charge in [-0.25, -0.2) is 4.79 Å². The van der Waals surface area contributed by atoms with Gasteiger partial charge in [-0.3, -0.25) is 0 Å². The lowest BCUT2D eigenvalue weighted by atomic mass is 9.97. The van der Waals surface area contributed by atoms with Crippen molar-refractivity contribution in [2.75, 3.05) is 6.54 Å². The van der Waals surface area contributed by atoms with E-state index >= 15 is 0 Å². The highest BCUT2D eigenvalue weighted by Crippen LogP contribution is 2.31. The Morgan fingerprint density at radius 3 is 2.78 bits per heavy atom. The number of carbonyl (C=O) groups is 1. The molecule has 120 valence electrons. The molecule has 2 heterocycles. The quantitative estimate of drug-likeness (QED) is 0.837. The first-order valence-electron chi connectivity index (χ1n) is 7.90. The van der Waals surface area contributed by atoms with Crippen molar-refractivity contribution in [1.82, 2.24) is 9.88 Å². The fraction of sp³-hybridized carbons (Fsp3) is 0.333. The summed E-state index contributed by atoms with van der Waals surface area (Å²) in [5, 5.41) is 0. The molecular weight excluding hydrogens is 308 g/mol. The lowest BCUT2D eigenvalue weighted by Gasteiger charge is -2.35. The van der Waals surface area contributed by atoms with E-state index in [2.05, 4.69) is 4.98 Å². The summed E-state index contributed by atoms with van der Waals surface area (Å²) in [6.45, 7) is 1.04. The molecule has 1 aliphatic rings. The van der Waals surface area contributed by atoms with Crippen molar-refractivity contribution in [2.45, 2.75) is 31.9 Å². The largest absolute Gasteiger partial charge is 0.445 e. The van der Waals surface area contributed by atoms with Crippen molar-refractivity contribution in [1.29, 1.82) is 0 Å². The number of amides is 1. The standard InChI is InChI=1S/C18H20N2O2S/c21-18(22-13-14-6-2-1-3-7-14)20-11-5-4-8-16(20)15-9-10-17(23)19-12-15/h1-3,6-7,9-10,12,16H,4-5,8,11,13H2,(H,19,23)/t16-/m0/s1. The summed E-state index contributed by atoms with van der Waals surface area (Å²) >= 11 is 5.09. The molecule has 0 radical (unpaired) electrons. The van der Waals surface area contributed by atoms with E-state index < -0.39 is 0 Å². The highest BCUT2D eigenvalue weighted by atomic mass is 32.1. The van der Waals surface area contributed by atoms with Crippen molar-refractivity contribution in [3.63, 3.8) is 0 Å². The molecule has 1 saturated heterocycles. The second-order valence-corrected chi connectivity index (χ2v) is 6.17. The van der Waals surface area contributed by atoms with Crippen molar-refractivity contribution < 1.29 is 9.53 Å². The Labute approximate surface area is 141 Å². The Balaban J connectivity index is 1.69. The lowest BCUT2D eigenvalue weighted by Crippen LogP contribution is -2.38. The van der Waals surface area contributed by atoms with Gasteiger partial charge in [0.2, 0.25) is 0 Å². The van der Waals surface area contributed by atoms with Gasteiger partial charge in [0.15, 0.2) is 0 Å². The number of aromatic amines is 1. The van der Waals surface area contributed by atoms with Crippen LogP contribution in [0.3, 0.4) is 0 Å². The Morgan fingerprint density at radius 1 is 1.22 bits per heavy atom. The SMILES string of the molecule is O=C(OCc1ccccc1)N1CCCC[C@H]1c1ccc(=S)[nH]c1. The Hall–Kier alpha value is -2.14. The fourth-order valence-electron chi connectivity index (χ4n) is 2.93. The topological polar surface area (TPSA) is 45.3 Å². The second-order valence-electron chi connectivity index (χ2n) is 5.73. The molecular formula is C18H20N2O2S. The molecule has 1 fully saturated rings. The van der Waals surface area contributed by atoms with Crippen LogP contribution in [-0.4, -0.2) is 22.5 Å². The molecule has 1 amide bonds. The normalized spacial score (nSPS) is 17.7. The van der Waals surface area contributed by atoms with Crippen molar-refractivity contribution in [3.8, 4) is 0 Å². The molecule has 1 aromatic heterocycles. The van der Waals surface area contributed by atoms with Crippen molar-refractivity contribution >= 4 is 18.3 Å². The van der Waals surface area contributed by atoms with E-state index in [4.69, 9.17) is 17.0 Å². The Morgan fingerprint density at radius 2 is 2.04 bits per heavy atom. The molecule has 3 rings (SSSR count). The van der Waals surface area contributed by atoms with Crippen LogP contribution in [-0.2, 0) is 11.3 Å². The average molecular weight is 328 g/mol. The predicted molar refractivity (Wildman–Crippen MR) is 91.6 cm³/mol. The van der Waals surface area contributed by atoms with Crippen LogP contribution >= 0.6 is 12.2 Å². The van der Waals surface area contributed by atoms with Gasteiger partial charge in [0.25, 0.3) is 0 Å². The van der Waals surface area contributed by atoms with E-state index in [-0.39, 0.29) is 12.1 Å². The highest BCUT2D eigenvalue weighted by Gasteiger charge is 2.29. The summed E-state index contributed by atoms with van der Waals surface area (Å²) in [6, 6.07) is 13.7. The number of hydrogen-bond donors (Lipinski definition) is 1. The first-order valence-corrected chi connectivity index (χ1v) is 8.31.